The van der Waals surface area contributed by atoms with Gasteiger partial charge in [0.2, 0.25) is 0 Å². The summed E-state index contributed by atoms with van der Waals surface area (Å²) >= 11 is 0. The third-order valence-electron chi connectivity index (χ3n) is 9.75. The Morgan fingerprint density at radius 2 is 1.70 bits per heavy atom. The third kappa shape index (κ3) is 15.2. The van der Waals surface area contributed by atoms with E-state index in [1.165, 1.54) is 16.7 Å². The molecule has 1 N–H and O–H groups in total. The fourth-order valence-corrected chi connectivity index (χ4v) is 7.21. The fraction of sp³-hybridized carbons (Fsp3) is 0.707. The quantitative estimate of drug-likeness (QED) is 0.0906. The number of ether oxygens (including phenoxy) is 2. The Kier molecular flexibility index (Phi) is 18.6. The summed E-state index contributed by atoms with van der Waals surface area (Å²) in [7, 11) is -2.01. The molecule has 1 aliphatic heterocycles. The number of rotatable bonds is 18. The van der Waals surface area contributed by atoms with Gasteiger partial charge in [0.05, 0.1) is 24.4 Å². The molecular formula is C41H72O4Si. The van der Waals surface area contributed by atoms with E-state index in [0.29, 0.717) is 11.8 Å². The molecular weight excluding hydrogens is 585 g/mol. The van der Waals surface area contributed by atoms with Crippen molar-refractivity contribution in [3.63, 3.8) is 0 Å². The average molecular weight is 657 g/mol. The standard InChI is InChI=1S/C41H72O4Si/c1-16-30(5)26-34(9)40(45-46(14,15)41(11,12)13)35(10)39(42)33(8)27-31(6)20-18-21-32(7)28-36(17-2)24-25-37-22-19-23-38(44-37)43-29(3)4/h16,18-20,23-25,27-29,32-35,37-40,42H,17,21-22,26H2,1-15H3/b20-18+,25-24+,30-16+,31-27+,36-28-/t32-,33-,34+,35-,37-,38-,39+,40-/m1/s1. The molecule has 0 saturated carbocycles. The summed E-state index contributed by atoms with van der Waals surface area (Å²) in [6.45, 7) is 33.1. The van der Waals surface area contributed by atoms with E-state index in [0.717, 1.165) is 25.7 Å². The van der Waals surface area contributed by atoms with Crippen LogP contribution in [0.25, 0.3) is 0 Å². The minimum Gasteiger partial charge on any atom is -0.413 e. The molecule has 0 radical (unpaired) electrons. The summed E-state index contributed by atoms with van der Waals surface area (Å²) in [5, 5.41) is 11.7. The lowest BCUT2D eigenvalue weighted by molar-refractivity contribution is -0.154. The molecule has 0 aromatic carbocycles. The molecule has 0 aromatic rings. The first-order valence-electron chi connectivity index (χ1n) is 18.0. The Balaban J connectivity index is 2.89. The molecule has 0 amide bonds. The van der Waals surface area contributed by atoms with Crippen molar-refractivity contribution in [3.8, 4) is 0 Å². The third-order valence-corrected chi connectivity index (χ3v) is 14.2. The normalized spacial score (nSPS) is 23.3. The Labute approximate surface area is 286 Å². The highest BCUT2D eigenvalue weighted by molar-refractivity contribution is 6.74. The number of aliphatic hydroxyl groups excluding tert-OH is 1. The molecule has 0 unspecified atom stereocenters. The minimum atomic E-state index is -2.01. The van der Waals surface area contributed by atoms with E-state index in [2.05, 4.69) is 138 Å². The molecule has 0 bridgehead atoms. The summed E-state index contributed by atoms with van der Waals surface area (Å²) in [6.07, 6.45) is 23.0. The van der Waals surface area contributed by atoms with Crippen LogP contribution in [0.5, 0.6) is 0 Å². The zero-order valence-corrected chi connectivity index (χ0v) is 33.4. The van der Waals surface area contributed by atoms with Crippen molar-refractivity contribution >= 4 is 8.32 Å². The van der Waals surface area contributed by atoms with Gasteiger partial charge in [0.1, 0.15) is 0 Å². The molecule has 4 nitrogen and oxygen atoms in total. The Bertz CT molecular complexity index is 1070. The maximum Gasteiger partial charge on any atom is 0.192 e. The van der Waals surface area contributed by atoms with Gasteiger partial charge >= 0.3 is 0 Å². The summed E-state index contributed by atoms with van der Waals surface area (Å²) < 4.78 is 18.9. The lowest BCUT2D eigenvalue weighted by Crippen LogP contribution is -2.49. The van der Waals surface area contributed by atoms with Gasteiger partial charge in [-0.15, -0.1) is 0 Å². The highest BCUT2D eigenvalue weighted by atomic mass is 28.4. The van der Waals surface area contributed by atoms with Crippen LogP contribution < -0.4 is 0 Å². The molecule has 0 fully saturated rings. The van der Waals surface area contributed by atoms with Crippen LogP contribution in [0.1, 0.15) is 116 Å². The zero-order valence-electron chi connectivity index (χ0n) is 32.4. The van der Waals surface area contributed by atoms with Crippen LogP contribution in [0, 0.1) is 23.7 Å². The summed E-state index contributed by atoms with van der Waals surface area (Å²) in [5.41, 5.74) is 3.89. The van der Waals surface area contributed by atoms with E-state index in [-0.39, 0.29) is 41.5 Å². The van der Waals surface area contributed by atoms with Gasteiger partial charge in [-0.2, -0.15) is 0 Å². The van der Waals surface area contributed by atoms with Gasteiger partial charge in [-0.1, -0.05) is 121 Å². The second-order valence-corrected chi connectivity index (χ2v) is 20.5. The summed E-state index contributed by atoms with van der Waals surface area (Å²) in [5.74, 6) is 0.793. The molecule has 8 atom stereocenters. The van der Waals surface area contributed by atoms with Gasteiger partial charge in [0, 0.05) is 11.8 Å². The van der Waals surface area contributed by atoms with Gasteiger partial charge < -0.3 is 19.0 Å². The zero-order chi connectivity index (χ0) is 35.2. The second kappa shape index (κ2) is 20.1. The smallest absolute Gasteiger partial charge is 0.192 e. The predicted octanol–water partition coefficient (Wildman–Crippen LogP) is 11.5. The van der Waals surface area contributed by atoms with E-state index in [1.54, 1.807) is 0 Å². The van der Waals surface area contributed by atoms with Crippen molar-refractivity contribution in [3.05, 3.63) is 71.4 Å². The molecule has 0 aliphatic carbocycles. The van der Waals surface area contributed by atoms with Crippen molar-refractivity contribution in [1.29, 1.82) is 0 Å². The predicted molar refractivity (Wildman–Crippen MR) is 202 cm³/mol. The largest absolute Gasteiger partial charge is 0.413 e. The Hall–Kier alpha value is -1.50. The van der Waals surface area contributed by atoms with Gasteiger partial charge in [-0.25, -0.2) is 0 Å². The monoisotopic (exact) mass is 657 g/mol. The van der Waals surface area contributed by atoms with Crippen LogP contribution in [0.2, 0.25) is 18.1 Å². The van der Waals surface area contributed by atoms with Crippen LogP contribution >= 0.6 is 0 Å². The van der Waals surface area contributed by atoms with Gasteiger partial charge in [-0.3, -0.25) is 0 Å². The van der Waals surface area contributed by atoms with E-state index in [1.807, 2.05) is 19.9 Å². The van der Waals surface area contributed by atoms with Gasteiger partial charge in [-0.05, 0) is 96.3 Å². The first-order valence-corrected chi connectivity index (χ1v) is 20.9. The van der Waals surface area contributed by atoms with Crippen LogP contribution in [0.4, 0.5) is 0 Å². The van der Waals surface area contributed by atoms with E-state index in [9.17, 15) is 5.11 Å². The lowest BCUT2D eigenvalue weighted by Gasteiger charge is -2.44. The van der Waals surface area contributed by atoms with Crippen LogP contribution in [0.3, 0.4) is 0 Å². The van der Waals surface area contributed by atoms with Gasteiger partial charge in [0.15, 0.2) is 14.6 Å². The van der Waals surface area contributed by atoms with Crippen LogP contribution in [0.15, 0.2) is 71.4 Å². The Morgan fingerprint density at radius 1 is 1.04 bits per heavy atom. The minimum absolute atomic E-state index is 0.00267. The first-order chi connectivity index (χ1) is 21.3. The van der Waals surface area contributed by atoms with Crippen molar-refractivity contribution < 1.29 is 19.0 Å². The molecule has 1 aliphatic rings. The maximum atomic E-state index is 11.6. The maximum absolute atomic E-state index is 11.6. The first kappa shape index (κ1) is 42.5. The molecule has 0 aromatic heterocycles. The topological polar surface area (TPSA) is 47.9 Å². The molecule has 0 spiro atoms. The lowest BCUT2D eigenvalue weighted by atomic mass is 9.81. The van der Waals surface area contributed by atoms with Crippen molar-refractivity contribution in [2.45, 2.75) is 165 Å². The van der Waals surface area contributed by atoms with Crippen LogP contribution in [-0.2, 0) is 13.9 Å². The molecule has 5 heteroatoms. The molecule has 1 rings (SSSR count). The van der Waals surface area contributed by atoms with Crippen molar-refractivity contribution in [2.24, 2.45) is 23.7 Å². The second-order valence-electron chi connectivity index (χ2n) is 15.7. The van der Waals surface area contributed by atoms with E-state index >= 15 is 0 Å². The average Bonchev–Trinajstić information content (AvgIpc) is 2.96. The summed E-state index contributed by atoms with van der Waals surface area (Å²) in [6, 6.07) is 0. The molecule has 46 heavy (non-hydrogen) atoms. The van der Waals surface area contributed by atoms with E-state index in [4.69, 9.17) is 13.9 Å². The molecule has 0 saturated heterocycles. The SMILES string of the molecule is C/C=C(\C)C[C@H](C)[C@@H](O[Si](C)(C)C(C)(C)C)[C@H](C)[C@@H](O)[C@H](C)/C=C(C)/C=C/C[C@@H](C)/C=C(\C=C\[C@H]1CC=C[C@H](OC(C)C)O1)CC. The van der Waals surface area contributed by atoms with E-state index < -0.39 is 14.4 Å². The number of allylic oxidation sites excluding steroid dienone is 8. The highest BCUT2D eigenvalue weighted by Crippen LogP contribution is 2.40. The van der Waals surface area contributed by atoms with Crippen molar-refractivity contribution in [2.75, 3.05) is 0 Å². The Morgan fingerprint density at radius 3 is 2.26 bits per heavy atom. The van der Waals surface area contributed by atoms with Crippen LogP contribution in [-0.4, -0.2) is 44.1 Å². The van der Waals surface area contributed by atoms with Crippen molar-refractivity contribution in [1.82, 2.24) is 0 Å². The molecule has 264 valence electrons. The molecule has 1 heterocycles. The fourth-order valence-electron chi connectivity index (χ4n) is 5.73. The summed E-state index contributed by atoms with van der Waals surface area (Å²) in [4.78, 5) is 0. The highest BCUT2D eigenvalue weighted by Gasteiger charge is 2.43. The number of hydrogen-bond donors (Lipinski definition) is 1. The van der Waals surface area contributed by atoms with Gasteiger partial charge in [0.25, 0.3) is 0 Å². The number of aliphatic hydroxyl groups is 1. The number of hydrogen-bond acceptors (Lipinski definition) is 4.